The lowest BCUT2D eigenvalue weighted by atomic mass is 9.69. The molecule has 0 aliphatic heterocycles. The molecule has 8 nitrogen and oxygen atoms in total. The van der Waals surface area contributed by atoms with Crippen molar-refractivity contribution in [2.24, 2.45) is 16.7 Å². The molecule has 0 unspecified atom stereocenters. The summed E-state index contributed by atoms with van der Waals surface area (Å²) in [6, 6.07) is 4.05. The summed E-state index contributed by atoms with van der Waals surface area (Å²) in [7, 11) is 0. The third kappa shape index (κ3) is 2.62. The van der Waals surface area contributed by atoms with Crippen molar-refractivity contribution in [3.8, 4) is 0 Å². The van der Waals surface area contributed by atoms with E-state index < -0.39 is 10.5 Å². The molecule has 2 aromatic rings. The van der Waals surface area contributed by atoms with Crippen LogP contribution in [-0.2, 0) is 11.3 Å². The summed E-state index contributed by atoms with van der Waals surface area (Å²) in [5, 5.41) is 14.2. The average molecular weight is 384 g/mol. The number of carbonyl (C=O) groups is 1. The topological polar surface area (TPSA) is 107 Å². The highest BCUT2D eigenvalue weighted by molar-refractivity contribution is 5.81. The smallest absolute Gasteiger partial charge is 0.270 e. The van der Waals surface area contributed by atoms with Crippen LogP contribution in [0, 0.1) is 26.9 Å². The third-order valence-corrected chi connectivity index (χ3v) is 7.46. The first kappa shape index (κ1) is 18.6. The van der Waals surface area contributed by atoms with E-state index in [-0.39, 0.29) is 40.4 Å². The first-order valence-corrected chi connectivity index (χ1v) is 9.56. The number of hydrogen-bond acceptors (Lipinski definition) is 5. The maximum Gasteiger partial charge on any atom is 0.270 e. The fraction of sp³-hybridized carbons (Fsp3) is 0.550. The molecule has 148 valence electrons. The van der Waals surface area contributed by atoms with Gasteiger partial charge in [0.15, 0.2) is 0 Å². The standard InChI is InChI=1S/C20H24N4O4/c1-19(2)12-6-7-20(19,3)16(8-12)22-17(25)10-23-11-21-15-5-4-13(24(27)28)9-14(15)18(23)26/h4-5,9,11-12,16H,6-8,10H2,1-3H3,(H,22,25)/t12-,16-,20-/m0/s1. The van der Waals surface area contributed by atoms with Gasteiger partial charge in [0.2, 0.25) is 5.91 Å². The zero-order valence-electron chi connectivity index (χ0n) is 16.3. The SMILES string of the molecule is CC1(C)[C@H]2CC[C@@]1(C)[C@@H](NC(=O)Cn1cnc3ccc([N+](=O)[O-])cc3c1=O)C2. The number of carbonyl (C=O) groups excluding carboxylic acids is 1. The molecule has 1 amide bonds. The second-order valence-electron chi connectivity index (χ2n) is 8.87. The number of nitro benzene ring substituents is 1. The monoisotopic (exact) mass is 384 g/mol. The average Bonchev–Trinajstić information content (AvgIpc) is 2.97. The zero-order chi connectivity index (χ0) is 20.3. The Morgan fingerprint density at radius 1 is 1.39 bits per heavy atom. The maximum atomic E-state index is 12.7. The fourth-order valence-electron chi connectivity index (χ4n) is 5.19. The van der Waals surface area contributed by atoms with E-state index >= 15 is 0 Å². The van der Waals surface area contributed by atoms with Gasteiger partial charge in [-0.3, -0.25) is 24.3 Å². The first-order chi connectivity index (χ1) is 13.1. The van der Waals surface area contributed by atoms with E-state index in [9.17, 15) is 19.7 Å². The van der Waals surface area contributed by atoms with Crippen molar-refractivity contribution in [3.63, 3.8) is 0 Å². The van der Waals surface area contributed by atoms with Crippen LogP contribution in [0.5, 0.6) is 0 Å². The summed E-state index contributed by atoms with van der Waals surface area (Å²) in [5.41, 5.74) is -0.0186. The van der Waals surface area contributed by atoms with Crippen molar-refractivity contribution in [1.82, 2.24) is 14.9 Å². The number of nitro groups is 1. The number of nitrogens with zero attached hydrogens (tertiary/aromatic N) is 3. The minimum atomic E-state index is -0.555. The molecule has 2 aliphatic rings. The van der Waals surface area contributed by atoms with Gasteiger partial charge in [-0.15, -0.1) is 0 Å². The Labute approximate surface area is 162 Å². The summed E-state index contributed by atoms with van der Waals surface area (Å²) in [4.78, 5) is 39.9. The number of amides is 1. The summed E-state index contributed by atoms with van der Waals surface area (Å²) in [6.07, 6.45) is 4.58. The lowest BCUT2D eigenvalue weighted by Crippen LogP contribution is -2.48. The van der Waals surface area contributed by atoms with Crippen LogP contribution in [0.25, 0.3) is 10.9 Å². The fourth-order valence-corrected chi connectivity index (χ4v) is 5.19. The molecule has 1 aromatic carbocycles. The Morgan fingerprint density at radius 3 is 2.75 bits per heavy atom. The van der Waals surface area contributed by atoms with Crippen molar-refractivity contribution >= 4 is 22.5 Å². The maximum absolute atomic E-state index is 12.7. The molecule has 2 saturated carbocycles. The summed E-state index contributed by atoms with van der Waals surface area (Å²) in [6.45, 7) is 6.65. The Hall–Kier alpha value is -2.77. The molecule has 1 heterocycles. The van der Waals surface area contributed by atoms with Crippen LogP contribution >= 0.6 is 0 Å². The normalized spacial score (nSPS) is 27.8. The Morgan fingerprint density at radius 2 is 2.14 bits per heavy atom. The summed E-state index contributed by atoms with van der Waals surface area (Å²) < 4.78 is 1.21. The van der Waals surface area contributed by atoms with E-state index in [2.05, 4.69) is 31.1 Å². The van der Waals surface area contributed by atoms with Gasteiger partial charge in [0.1, 0.15) is 6.54 Å². The minimum Gasteiger partial charge on any atom is -0.351 e. The number of benzene rings is 1. The largest absolute Gasteiger partial charge is 0.351 e. The number of hydrogen-bond donors (Lipinski definition) is 1. The van der Waals surface area contributed by atoms with Crippen LogP contribution < -0.4 is 10.9 Å². The molecule has 28 heavy (non-hydrogen) atoms. The van der Waals surface area contributed by atoms with Crippen LogP contribution in [0.4, 0.5) is 5.69 Å². The van der Waals surface area contributed by atoms with Gasteiger partial charge in [0, 0.05) is 18.2 Å². The molecule has 2 aliphatic carbocycles. The van der Waals surface area contributed by atoms with Gasteiger partial charge in [-0.25, -0.2) is 4.98 Å². The molecule has 1 aromatic heterocycles. The highest BCUT2D eigenvalue weighted by Gasteiger charge is 2.61. The Kier molecular flexibility index (Phi) is 4.06. The molecule has 4 rings (SSSR count). The number of rotatable bonds is 4. The van der Waals surface area contributed by atoms with E-state index in [1.54, 1.807) is 0 Å². The second kappa shape index (κ2) is 6.12. The van der Waals surface area contributed by atoms with Crippen LogP contribution in [-0.4, -0.2) is 26.4 Å². The van der Waals surface area contributed by atoms with Gasteiger partial charge in [-0.05, 0) is 42.1 Å². The zero-order valence-corrected chi connectivity index (χ0v) is 16.3. The minimum absolute atomic E-state index is 0.0561. The molecule has 2 fully saturated rings. The molecular formula is C20H24N4O4. The molecule has 3 atom stereocenters. The van der Waals surface area contributed by atoms with Gasteiger partial charge < -0.3 is 5.32 Å². The number of aromatic nitrogens is 2. The van der Waals surface area contributed by atoms with Crippen molar-refractivity contribution in [2.45, 2.75) is 52.6 Å². The van der Waals surface area contributed by atoms with Gasteiger partial charge in [-0.2, -0.15) is 0 Å². The lowest BCUT2D eigenvalue weighted by molar-refractivity contribution is -0.384. The van der Waals surface area contributed by atoms with Crippen LogP contribution in [0.15, 0.2) is 29.3 Å². The summed E-state index contributed by atoms with van der Waals surface area (Å²) in [5.74, 6) is 0.372. The predicted molar refractivity (Wildman–Crippen MR) is 104 cm³/mol. The van der Waals surface area contributed by atoms with Crippen LogP contribution in [0.1, 0.15) is 40.0 Å². The quantitative estimate of drug-likeness (QED) is 0.644. The first-order valence-electron chi connectivity index (χ1n) is 9.56. The Balaban J connectivity index is 1.55. The molecule has 0 spiro atoms. The van der Waals surface area contributed by atoms with E-state index in [0.29, 0.717) is 11.4 Å². The number of fused-ring (bicyclic) bond motifs is 3. The number of non-ortho nitro benzene ring substituents is 1. The summed E-state index contributed by atoms with van der Waals surface area (Å²) >= 11 is 0. The molecule has 8 heteroatoms. The molecule has 0 radical (unpaired) electrons. The second-order valence-corrected chi connectivity index (χ2v) is 8.87. The molecular weight excluding hydrogens is 360 g/mol. The van der Waals surface area contributed by atoms with Crippen LogP contribution in [0.3, 0.4) is 0 Å². The van der Waals surface area contributed by atoms with Crippen molar-refractivity contribution in [3.05, 3.63) is 45.0 Å². The van der Waals surface area contributed by atoms with Crippen LogP contribution in [0.2, 0.25) is 0 Å². The number of nitrogens with one attached hydrogen (secondary N) is 1. The van der Waals surface area contributed by atoms with E-state index in [1.807, 2.05) is 0 Å². The van der Waals surface area contributed by atoms with Crippen molar-refractivity contribution in [1.29, 1.82) is 0 Å². The Bertz CT molecular complexity index is 1040. The van der Waals surface area contributed by atoms with Gasteiger partial charge >= 0.3 is 0 Å². The molecule has 1 N–H and O–H groups in total. The molecule has 2 bridgehead atoms. The van der Waals surface area contributed by atoms with E-state index in [1.165, 1.54) is 35.5 Å². The van der Waals surface area contributed by atoms with Gasteiger partial charge in [-0.1, -0.05) is 20.8 Å². The molecule has 0 saturated heterocycles. The highest BCUT2D eigenvalue weighted by Crippen LogP contribution is 2.65. The van der Waals surface area contributed by atoms with Gasteiger partial charge in [0.05, 0.1) is 22.2 Å². The predicted octanol–water partition coefficient (Wildman–Crippen LogP) is 2.64. The van der Waals surface area contributed by atoms with E-state index in [0.717, 1.165) is 12.8 Å². The van der Waals surface area contributed by atoms with Crippen molar-refractivity contribution in [2.75, 3.05) is 0 Å². The van der Waals surface area contributed by atoms with Gasteiger partial charge in [0.25, 0.3) is 11.2 Å². The lowest BCUT2D eigenvalue weighted by Gasteiger charge is -2.39. The highest BCUT2D eigenvalue weighted by atomic mass is 16.6. The van der Waals surface area contributed by atoms with E-state index in [4.69, 9.17) is 0 Å². The third-order valence-electron chi connectivity index (χ3n) is 7.46. The van der Waals surface area contributed by atoms with Crippen molar-refractivity contribution < 1.29 is 9.72 Å².